The van der Waals surface area contributed by atoms with Crippen LogP contribution in [0.1, 0.15) is 6.92 Å². The van der Waals surface area contributed by atoms with Gasteiger partial charge in [0.05, 0.1) is 17.2 Å². The Hall–Kier alpha value is -1.53. The van der Waals surface area contributed by atoms with Crippen molar-refractivity contribution in [3.63, 3.8) is 0 Å². The predicted octanol–water partition coefficient (Wildman–Crippen LogP) is 3.65. The van der Waals surface area contributed by atoms with Gasteiger partial charge >= 0.3 is 0 Å². The van der Waals surface area contributed by atoms with Crippen LogP contribution in [0, 0.1) is 0 Å². The summed E-state index contributed by atoms with van der Waals surface area (Å²) in [7, 11) is -3.60. The maximum Gasteiger partial charge on any atom is 0.261 e. The number of sulfonamides is 1. The van der Waals surface area contributed by atoms with Crippen molar-refractivity contribution in [1.82, 2.24) is 0 Å². The van der Waals surface area contributed by atoms with Gasteiger partial charge in [0.15, 0.2) is 0 Å². The summed E-state index contributed by atoms with van der Waals surface area (Å²) in [6, 6.07) is 13.4. The summed E-state index contributed by atoms with van der Waals surface area (Å²) < 4.78 is 33.1. The second-order valence-corrected chi connectivity index (χ2v) is 6.62. The van der Waals surface area contributed by atoms with Crippen molar-refractivity contribution in [2.45, 2.75) is 11.8 Å². The molecule has 6 heteroatoms. The minimum absolute atomic E-state index is 0.202. The van der Waals surface area contributed by atoms with Gasteiger partial charge in [0, 0.05) is 10.5 Å². The Morgan fingerprint density at radius 2 is 1.90 bits per heavy atom. The fourth-order valence-electron chi connectivity index (χ4n) is 1.66. The van der Waals surface area contributed by atoms with Crippen LogP contribution in [0.15, 0.2) is 57.9 Å². The second-order valence-electron chi connectivity index (χ2n) is 4.02. The van der Waals surface area contributed by atoms with Gasteiger partial charge in [0.1, 0.15) is 5.75 Å². The Morgan fingerprint density at radius 3 is 2.60 bits per heavy atom. The monoisotopic (exact) mass is 355 g/mol. The molecule has 0 heterocycles. The highest BCUT2D eigenvalue weighted by molar-refractivity contribution is 9.10. The summed E-state index contributed by atoms with van der Waals surface area (Å²) in [5, 5.41) is 0. The van der Waals surface area contributed by atoms with Crippen LogP contribution in [0.5, 0.6) is 5.75 Å². The summed E-state index contributed by atoms with van der Waals surface area (Å²) >= 11 is 3.26. The first-order valence-electron chi connectivity index (χ1n) is 6.02. The first kappa shape index (κ1) is 14.9. The molecule has 106 valence electrons. The Bertz CT molecular complexity index is 701. The lowest BCUT2D eigenvalue weighted by Crippen LogP contribution is -2.12. The molecule has 2 rings (SSSR count). The van der Waals surface area contributed by atoms with Crippen molar-refractivity contribution in [1.29, 1.82) is 0 Å². The van der Waals surface area contributed by atoms with Crippen LogP contribution in [0.3, 0.4) is 0 Å². The molecule has 0 bridgehead atoms. The summed E-state index contributed by atoms with van der Waals surface area (Å²) in [5.41, 5.74) is 0.468. The molecule has 2 aromatic carbocycles. The molecule has 0 spiro atoms. The van der Waals surface area contributed by atoms with E-state index in [2.05, 4.69) is 20.7 Å². The van der Waals surface area contributed by atoms with Crippen LogP contribution in [0.2, 0.25) is 0 Å². The maximum atomic E-state index is 12.3. The first-order chi connectivity index (χ1) is 9.51. The molecular weight excluding hydrogens is 342 g/mol. The van der Waals surface area contributed by atoms with E-state index in [1.165, 1.54) is 0 Å². The minimum atomic E-state index is -3.60. The van der Waals surface area contributed by atoms with E-state index in [1.807, 2.05) is 6.92 Å². The molecular formula is C14H14BrNO3S. The van der Waals surface area contributed by atoms with E-state index in [9.17, 15) is 8.42 Å². The lowest BCUT2D eigenvalue weighted by molar-refractivity contribution is 0.340. The molecule has 20 heavy (non-hydrogen) atoms. The normalized spacial score (nSPS) is 11.1. The van der Waals surface area contributed by atoms with Crippen molar-refractivity contribution in [3.8, 4) is 5.75 Å². The van der Waals surface area contributed by atoms with Crippen LogP contribution >= 0.6 is 15.9 Å². The van der Waals surface area contributed by atoms with E-state index < -0.39 is 10.0 Å². The topological polar surface area (TPSA) is 55.4 Å². The van der Waals surface area contributed by atoms with Gasteiger partial charge in [-0.1, -0.05) is 28.1 Å². The zero-order chi connectivity index (χ0) is 14.6. The molecule has 0 aliphatic rings. The van der Waals surface area contributed by atoms with Gasteiger partial charge in [-0.3, -0.25) is 4.72 Å². The van der Waals surface area contributed by atoms with Gasteiger partial charge in [0.2, 0.25) is 0 Å². The molecule has 0 aromatic heterocycles. The summed E-state index contributed by atoms with van der Waals surface area (Å²) in [6.45, 7) is 2.40. The Kier molecular flexibility index (Phi) is 4.67. The van der Waals surface area contributed by atoms with E-state index in [4.69, 9.17) is 4.74 Å². The number of rotatable bonds is 5. The van der Waals surface area contributed by atoms with Gasteiger partial charge in [-0.25, -0.2) is 8.42 Å². The number of benzene rings is 2. The largest absolute Gasteiger partial charge is 0.494 e. The van der Waals surface area contributed by atoms with Crippen molar-refractivity contribution in [3.05, 3.63) is 53.0 Å². The highest BCUT2D eigenvalue weighted by Crippen LogP contribution is 2.22. The number of nitrogens with one attached hydrogen (secondary N) is 1. The lowest BCUT2D eigenvalue weighted by Gasteiger charge is -2.10. The quantitative estimate of drug-likeness (QED) is 0.890. The molecule has 4 nitrogen and oxygen atoms in total. The van der Waals surface area contributed by atoms with Crippen molar-refractivity contribution in [2.75, 3.05) is 11.3 Å². The highest BCUT2D eigenvalue weighted by atomic mass is 79.9. The summed E-state index contributed by atoms with van der Waals surface area (Å²) in [4.78, 5) is 0.202. The molecule has 0 aliphatic heterocycles. The van der Waals surface area contributed by atoms with Crippen LogP contribution in [0.4, 0.5) is 5.69 Å². The average molecular weight is 356 g/mol. The lowest BCUT2D eigenvalue weighted by atomic mass is 10.3. The highest BCUT2D eigenvalue weighted by Gasteiger charge is 2.14. The van der Waals surface area contributed by atoms with Crippen LogP contribution in [0.25, 0.3) is 0 Å². The molecule has 0 atom stereocenters. The number of ether oxygens (including phenoxy) is 1. The van der Waals surface area contributed by atoms with Gasteiger partial charge < -0.3 is 4.74 Å². The molecule has 1 N–H and O–H groups in total. The maximum absolute atomic E-state index is 12.3. The molecule has 0 saturated carbocycles. The third-order valence-corrected chi connectivity index (χ3v) is 4.38. The predicted molar refractivity (Wildman–Crippen MR) is 82.6 cm³/mol. The molecule has 0 radical (unpaired) electrons. The minimum Gasteiger partial charge on any atom is -0.494 e. The van der Waals surface area contributed by atoms with E-state index in [0.29, 0.717) is 22.5 Å². The molecule has 0 unspecified atom stereocenters. The smallest absolute Gasteiger partial charge is 0.261 e. The average Bonchev–Trinajstić information content (AvgIpc) is 2.39. The third-order valence-electron chi connectivity index (χ3n) is 2.50. The molecule has 0 fully saturated rings. The Labute approximate surface area is 127 Å². The van der Waals surface area contributed by atoms with E-state index >= 15 is 0 Å². The van der Waals surface area contributed by atoms with Crippen molar-refractivity contribution >= 4 is 31.6 Å². The zero-order valence-electron chi connectivity index (χ0n) is 10.8. The zero-order valence-corrected chi connectivity index (χ0v) is 13.2. The second kappa shape index (κ2) is 6.28. The number of anilines is 1. The SMILES string of the molecule is CCOc1cccc(NS(=O)(=O)c2cccc(Br)c2)c1. The van der Waals surface area contributed by atoms with Crippen LogP contribution in [-0.4, -0.2) is 15.0 Å². The van der Waals surface area contributed by atoms with E-state index in [-0.39, 0.29) is 4.90 Å². The number of hydrogen-bond acceptors (Lipinski definition) is 3. The van der Waals surface area contributed by atoms with E-state index in [1.54, 1.807) is 48.5 Å². The molecule has 0 aliphatic carbocycles. The van der Waals surface area contributed by atoms with Crippen molar-refractivity contribution < 1.29 is 13.2 Å². The molecule has 0 amide bonds. The third kappa shape index (κ3) is 3.74. The van der Waals surface area contributed by atoms with Crippen LogP contribution in [-0.2, 0) is 10.0 Å². The fraction of sp³-hybridized carbons (Fsp3) is 0.143. The van der Waals surface area contributed by atoms with Gasteiger partial charge in [-0.15, -0.1) is 0 Å². The number of hydrogen-bond donors (Lipinski definition) is 1. The van der Waals surface area contributed by atoms with Crippen molar-refractivity contribution in [2.24, 2.45) is 0 Å². The van der Waals surface area contributed by atoms with Gasteiger partial charge in [0.25, 0.3) is 10.0 Å². The van der Waals surface area contributed by atoms with Gasteiger partial charge in [-0.05, 0) is 37.3 Å². The molecule has 0 saturated heterocycles. The van der Waals surface area contributed by atoms with E-state index in [0.717, 1.165) is 0 Å². The summed E-state index contributed by atoms with van der Waals surface area (Å²) in [5.74, 6) is 0.627. The fourth-order valence-corrected chi connectivity index (χ4v) is 3.31. The first-order valence-corrected chi connectivity index (χ1v) is 8.30. The van der Waals surface area contributed by atoms with Gasteiger partial charge in [-0.2, -0.15) is 0 Å². The number of halogens is 1. The molecule has 2 aromatic rings. The summed E-state index contributed by atoms with van der Waals surface area (Å²) in [6.07, 6.45) is 0. The Morgan fingerprint density at radius 1 is 1.15 bits per heavy atom. The van der Waals surface area contributed by atoms with Crippen LogP contribution < -0.4 is 9.46 Å². The standard InChI is InChI=1S/C14H14BrNO3S/c1-2-19-13-7-4-6-12(10-13)16-20(17,18)14-8-3-5-11(15)9-14/h3-10,16H,2H2,1H3. The Balaban J connectivity index is 2.26.